The van der Waals surface area contributed by atoms with Crippen molar-refractivity contribution in [2.75, 3.05) is 12.3 Å². The molecule has 12 heavy (non-hydrogen) atoms. The molecule has 0 spiro atoms. The molecule has 0 amide bonds. The molecule has 1 rings (SSSR count). The van der Waals surface area contributed by atoms with Gasteiger partial charge in [-0.3, -0.25) is 0 Å². The van der Waals surface area contributed by atoms with E-state index in [9.17, 15) is 0 Å². The first-order valence-corrected chi connectivity index (χ1v) is 4.16. The van der Waals surface area contributed by atoms with Crippen molar-refractivity contribution in [1.29, 1.82) is 0 Å². The molecule has 0 aromatic carbocycles. The van der Waals surface area contributed by atoms with Gasteiger partial charge in [0.1, 0.15) is 5.82 Å². The average Bonchev–Trinajstić information content (AvgIpc) is 2.03. The van der Waals surface area contributed by atoms with Crippen LogP contribution in [0.5, 0.6) is 0 Å². The van der Waals surface area contributed by atoms with E-state index in [1.807, 2.05) is 19.1 Å². The second-order valence-electron chi connectivity index (χ2n) is 2.76. The first kappa shape index (κ1) is 9.00. The maximum Gasteiger partial charge on any atom is 0.123 e. The minimum Gasteiger partial charge on any atom is -0.384 e. The Morgan fingerprint density at radius 3 is 2.83 bits per heavy atom. The van der Waals surface area contributed by atoms with Crippen LogP contribution in [0, 0.1) is 6.92 Å². The van der Waals surface area contributed by atoms with Crippen molar-refractivity contribution in [2.45, 2.75) is 20.4 Å². The molecule has 66 valence electrons. The van der Waals surface area contributed by atoms with E-state index in [-0.39, 0.29) is 0 Å². The summed E-state index contributed by atoms with van der Waals surface area (Å²) in [4.78, 5) is 4.16. The molecule has 0 bridgehead atoms. The fraction of sp³-hybridized carbons (Fsp3) is 0.444. The summed E-state index contributed by atoms with van der Waals surface area (Å²) in [5, 5.41) is 3.24. The molecule has 3 N–H and O–H groups in total. The average molecular weight is 165 g/mol. The van der Waals surface area contributed by atoms with Crippen molar-refractivity contribution >= 4 is 5.82 Å². The van der Waals surface area contributed by atoms with Gasteiger partial charge >= 0.3 is 0 Å². The van der Waals surface area contributed by atoms with Crippen molar-refractivity contribution in [3.8, 4) is 0 Å². The lowest BCUT2D eigenvalue weighted by molar-refractivity contribution is 0.720. The molecule has 0 radical (unpaired) electrons. The highest BCUT2D eigenvalue weighted by Gasteiger charge is 1.97. The van der Waals surface area contributed by atoms with Crippen LogP contribution in [0.2, 0.25) is 0 Å². The standard InChI is InChI=1S/C9H15N3/c1-3-11-6-8-4-5-9(10)12-7(8)2/h4-5,11H,3,6H2,1-2H3,(H2,10,12). The maximum absolute atomic E-state index is 5.52. The summed E-state index contributed by atoms with van der Waals surface area (Å²) in [5.74, 6) is 0.591. The van der Waals surface area contributed by atoms with Crippen molar-refractivity contribution < 1.29 is 0 Å². The van der Waals surface area contributed by atoms with Crippen LogP contribution in [0.4, 0.5) is 5.82 Å². The highest BCUT2D eigenvalue weighted by Crippen LogP contribution is 2.06. The molecule has 0 aliphatic heterocycles. The van der Waals surface area contributed by atoms with E-state index in [2.05, 4.69) is 17.2 Å². The van der Waals surface area contributed by atoms with Gasteiger partial charge in [-0.05, 0) is 25.1 Å². The lowest BCUT2D eigenvalue weighted by Gasteiger charge is -2.05. The Hall–Kier alpha value is -1.09. The molecule has 1 heterocycles. The van der Waals surface area contributed by atoms with Crippen LogP contribution in [0.25, 0.3) is 0 Å². The molecule has 0 aliphatic carbocycles. The van der Waals surface area contributed by atoms with Crippen LogP contribution in [0.15, 0.2) is 12.1 Å². The number of anilines is 1. The van der Waals surface area contributed by atoms with Gasteiger partial charge in [-0.2, -0.15) is 0 Å². The zero-order valence-electron chi connectivity index (χ0n) is 7.59. The van der Waals surface area contributed by atoms with E-state index < -0.39 is 0 Å². The number of aromatic nitrogens is 1. The minimum absolute atomic E-state index is 0.591. The van der Waals surface area contributed by atoms with Gasteiger partial charge in [-0.15, -0.1) is 0 Å². The molecule has 3 nitrogen and oxygen atoms in total. The summed E-state index contributed by atoms with van der Waals surface area (Å²) in [6.07, 6.45) is 0. The molecule has 0 aliphatic rings. The lowest BCUT2D eigenvalue weighted by Crippen LogP contribution is -2.13. The molecule has 0 saturated heterocycles. The van der Waals surface area contributed by atoms with E-state index in [1.165, 1.54) is 5.56 Å². The van der Waals surface area contributed by atoms with Crippen molar-refractivity contribution in [3.63, 3.8) is 0 Å². The summed E-state index contributed by atoms with van der Waals surface area (Å²) in [6.45, 7) is 5.91. The number of nitrogens with zero attached hydrogens (tertiary/aromatic N) is 1. The smallest absolute Gasteiger partial charge is 0.123 e. The van der Waals surface area contributed by atoms with E-state index in [4.69, 9.17) is 5.73 Å². The Morgan fingerprint density at radius 1 is 1.50 bits per heavy atom. The largest absolute Gasteiger partial charge is 0.384 e. The quantitative estimate of drug-likeness (QED) is 0.704. The van der Waals surface area contributed by atoms with Crippen molar-refractivity contribution in [2.24, 2.45) is 0 Å². The van der Waals surface area contributed by atoms with E-state index in [0.29, 0.717) is 5.82 Å². The number of nitrogen functional groups attached to an aromatic ring is 1. The molecule has 0 fully saturated rings. The van der Waals surface area contributed by atoms with Gasteiger partial charge in [-0.1, -0.05) is 13.0 Å². The third-order valence-corrected chi connectivity index (χ3v) is 1.78. The van der Waals surface area contributed by atoms with Gasteiger partial charge in [0.05, 0.1) is 0 Å². The Morgan fingerprint density at radius 2 is 2.25 bits per heavy atom. The third kappa shape index (κ3) is 2.20. The van der Waals surface area contributed by atoms with Gasteiger partial charge in [0.15, 0.2) is 0 Å². The summed E-state index contributed by atoms with van der Waals surface area (Å²) < 4.78 is 0. The maximum atomic E-state index is 5.52. The predicted molar refractivity (Wildman–Crippen MR) is 50.8 cm³/mol. The number of pyridine rings is 1. The number of aryl methyl sites for hydroxylation is 1. The zero-order valence-corrected chi connectivity index (χ0v) is 7.59. The molecule has 0 atom stereocenters. The van der Waals surface area contributed by atoms with E-state index in [0.717, 1.165) is 18.8 Å². The molecular weight excluding hydrogens is 150 g/mol. The second kappa shape index (κ2) is 4.07. The molecule has 1 aromatic heterocycles. The Balaban J connectivity index is 2.72. The van der Waals surface area contributed by atoms with Crippen LogP contribution >= 0.6 is 0 Å². The van der Waals surface area contributed by atoms with Crippen LogP contribution in [-0.4, -0.2) is 11.5 Å². The van der Waals surface area contributed by atoms with Crippen LogP contribution in [0.1, 0.15) is 18.2 Å². The second-order valence-corrected chi connectivity index (χ2v) is 2.76. The summed E-state index contributed by atoms with van der Waals surface area (Å²) in [7, 11) is 0. The summed E-state index contributed by atoms with van der Waals surface area (Å²) >= 11 is 0. The molecule has 3 heteroatoms. The van der Waals surface area contributed by atoms with Crippen LogP contribution in [-0.2, 0) is 6.54 Å². The Labute approximate surface area is 73.0 Å². The van der Waals surface area contributed by atoms with Gasteiger partial charge < -0.3 is 11.1 Å². The predicted octanol–water partition coefficient (Wildman–Crippen LogP) is 1.08. The lowest BCUT2D eigenvalue weighted by atomic mass is 10.2. The van der Waals surface area contributed by atoms with Gasteiger partial charge in [0, 0.05) is 12.2 Å². The number of hydrogen-bond acceptors (Lipinski definition) is 3. The number of rotatable bonds is 3. The van der Waals surface area contributed by atoms with Gasteiger partial charge in [0.2, 0.25) is 0 Å². The van der Waals surface area contributed by atoms with E-state index in [1.54, 1.807) is 0 Å². The monoisotopic (exact) mass is 165 g/mol. The molecular formula is C9H15N3. The summed E-state index contributed by atoms with van der Waals surface area (Å²) in [5.41, 5.74) is 7.75. The van der Waals surface area contributed by atoms with Crippen molar-refractivity contribution in [3.05, 3.63) is 23.4 Å². The number of hydrogen-bond donors (Lipinski definition) is 2. The van der Waals surface area contributed by atoms with Crippen LogP contribution < -0.4 is 11.1 Å². The van der Waals surface area contributed by atoms with Gasteiger partial charge in [-0.25, -0.2) is 4.98 Å². The topological polar surface area (TPSA) is 50.9 Å². The first-order valence-electron chi connectivity index (χ1n) is 4.16. The van der Waals surface area contributed by atoms with Crippen LogP contribution in [0.3, 0.4) is 0 Å². The molecule has 0 saturated carbocycles. The van der Waals surface area contributed by atoms with Crippen molar-refractivity contribution in [1.82, 2.24) is 10.3 Å². The molecule has 0 unspecified atom stereocenters. The Kier molecular flexibility index (Phi) is 3.05. The first-order chi connectivity index (χ1) is 5.74. The third-order valence-electron chi connectivity index (χ3n) is 1.78. The fourth-order valence-electron chi connectivity index (χ4n) is 1.06. The minimum atomic E-state index is 0.591. The SMILES string of the molecule is CCNCc1ccc(N)nc1C. The zero-order chi connectivity index (χ0) is 8.97. The fourth-order valence-corrected chi connectivity index (χ4v) is 1.06. The highest BCUT2D eigenvalue weighted by molar-refractivity contribution is 5.33. The number of nitrogens with one attached hydrogen (secondary N) is 1. The summed E-state index contributed by atoms with van der Waals surface area (Å²) in [6, 6.07) is 3.85. The highest BCUT2D eigenvalue weighted by atomic mass is 14.9. The number of nitrogens with two attached hydrogens (primary N) is 1. The van der Waals surface area contributed by atoms with Gasteiger partial charge in [0.25, 0.3) is 0 Å². The normalized spacial score (nSPS) is 10.2. The molecule has 1 aromatic rings. The van der Waals surface area contributed by atoms with E-state index >= 15 is 0 Å². The Bertz CT molecular complexity index is 258.